The van der Waals surface area contributed by atoms with Gasteiger partial charge in [0.25, 0.3) is 0 Å². The van der Waals surface area contributed by atoms with Gasteiger partial charge in [-0.05, 0) is 64.2 Å². The molecule has 0 saturated heterocycles. The molecule has 0 spiro atoms. The molecule has 42 heavy (non-hydrogen) atoms. The van der Waals surface area contributed by atoms with Crippen molar-refractivity contribution in [2.75, 3.05) is 19.8 Å². The lowest BCUT2D eigenvalue weighted by Gasteiger charge is -2.15. The second-order valence-corrected chi connectivity index (χ2v) is 11.9. The first-order valence-electron chi connectivity index (χ1n) is 18.1. The highest BCUT2D eigenvalue weighted by atomic mass is 16.6. The molecule has 0 aromatic carbocycles. The minimum absolute atomic E-state index is 0.177. The highest BCUT2D eigenvalue weighted by molar-refractivity contribution is 5.69. The van der Waals surface area contributed by atoms with Crippen molar-refractivity contribution >= 4 is 5.97 Å². The van der Waals surface area contributed by atoms with Gasteiger partial charge >= 0.3 is 5.97 Å². The van der Waals surface area contributed by atoms with E-state index >= 15 is 0 Å². The van der Waals surface area contributed by atoms with E-state index in [2.05, 4.69) is 50.3 Å². The molecule has 0 saturated carbocycles. The van der Waals surface area contributed by atoms with Gasteiger partial charge in [0.15, 0.2) is 0 Å². The molecule has 0 heterocycles. The van der Waals surface area contributed by atoms with E-state index in [0.717, 1.165) is 32.1 Å². The Morgan fingerprint density at radius 2 is 1.02 bits per heavy atom. The summed E-state index contributed by atoms with van der Waals surface area (Å²) < 4.78 is 11.1. The molecule has 4 heteroatoms. The first-order valence-corrected chi connectivity index (χ1v) is 18.1. The molecule has 0 aromatic rings. The lowest BCUT2D eigenvalue weighted by atomic mass is 10.1. The minimum atomic E-state index is -0.538. The molecule has 246 valence electrons. The van der Waals surface area contributed by atoms with E-state index < -0.39 is 6.10 Å². The lowest BCUT2D eigenvalue weighted by Crippen LogP contribution is -2.27. The van der Waals surface area contributed by atoms with Crippen molar-refractivity contribution in [3.05, 3.63) is 36.5 Å². The Hall–Kier alpha value is -1.39. The van der Waals surface area contributed by atoms with E-state index in [1.807, 2.05) is 0 Å². The molecule has 0 aliphatic rings. The maximum absolute atomic E-state index is 12.1. The summed E-state index contributed by atoms with van der Waals surface area (Å²) in [4.78, 5) is 12.1. The minimum Gasteiger partial charge on any atom is -0.457 e. The average Bonchev–Trinajstić information content (AvgIpc) is 3.00. The third-order valence-corrected chi connectivity index (χ3v) is 7.69. The standard InChI is InChI=1S/C38H70O4/c1-3-5-7-9-11-13-15-16-17-18-19-20-21-22-24-26-28-30-32-34-41-36-37(35-39)42-38(40)33-31-29-27-25-23-14-12-10-8-6-4-2/h10,12-13,15,17-18,37,39H,3-9,11,14,16,19-36H2,1-2H3/b12-10-,15-13-,18-17-. The monoisotopic (exact) mass is 591 g/mol. The molecule has 0 bridgehead atoms. The first kappa shape index (κ1) is 40.6. The number of aliphatic hydroxyl groups excluding tert-OH is 1. The molecule has 0 aromatic heterocycles. The van der Waals surface area contributed by atoms with Crippen molar-refractivity contribution in [1.29, 1.82) is 0 Å². The Morgan fingerprint density at radius 1 is 0.571 bits per heavy atom. The summed E-state index contributed by atoms with van der Waals surface area (Å²) in [6.07, 6.45) is 43.2. The number of esters is 1. The summed E-state index contributed by atoms with van der Waals surface area (Å²) in [6, 6.07) is 0. The largest absolute Gasteiger partial charge is 0.457 e. The number of carbonyl (C=O) groups excluding carboxylic acids is 1. The zero-order valence-corrected chi connectivity index (χ0v) is 28.0. The summed E-state index contributed by atoms with van der Waals surface area (Å²) in [7, 11) is 0. The number of carbonyl (C=O) groups is 1. The SMILES string of the molecule is CCCC/C=C\CCCCCCCC(=O)OC(CO)COCCCCCCCCCC/C=C\C/C=C\CCCCCC. The molecule has 1 N–H and O–H groups in total. The first-order chi connectivity index (χ1) is 20.7. The average molecular weight is 591 g/mol. The normalized spacial score (nSPS) is 12.7. The topological polar surface area (TPSA) is 55.8 Å². The van der Waals surface area contributed by atoms with Gasteiger partial charge in [0.2, 0.25) is 0 Å². The fourth-order valence-corrected chi connectivity index (χ4v) is 4.93. The van der Waals surface area contributed by atoms with E-state index in [4.69, 9.17) is 9.47 Å². The Labute approximate surface area is 261 Å². The number of hydrogen-bond donors (Lipinski definition) is 1. The van der Waals surface area contributed by atoms with Gasteiger partial charge in [0.05, 0.1) is 13.2 Å². The Morgan fingerprint density at radius 3 is 1.57 bits per heavy atom. The fraction of sp³-hybridized carbons (Fsp3) is 0.816. The van der Waals surface area contributed by atoms with Crippen LogP contribution in [0.1, 0.15) is 174 Å². The molecular weight excluding hydrogens is 520 g/mol. The van der Waals surface area contributed by atoms with Gasteiger partial charge in [-0.1, -0.05) is 140 Å². The van der Waals surface area contributed by atoms with Crippen LogP contribution in [-0.2, 0) is 14.3 Å². The fourth-order valence-electron chi connectivity index (χ4n) is 4.93. The molecule has 0 amide bonds. The van der Waals surface area contributed by atoms with Crippen molar-refractivity contribution in [2.45, 2.75) is 180 Å². The highest BCUT2D eigenvalue weighted by Gasteiger charge is 2.13. The van der Waals surface area contributed by atoms with E-state index in [1.165, 1.54) is 122 Å². The number of rotatable bonds is 33. The summed E-state index contributed by atoms with van der Waals surface area (Å²) in [6.45, 7) is 5.27. The third-order valence-electron chi connectivity index (χ3n) is 7.69. The van der Waals surface area contributed by atoms with Gasteiger partial charge in [0.1, 0.15) is 6.10 Å². The predicted molar refractivity (Wildman–Crippen MR) is 182 cm³/mol. The van der Waals surface area contributed by atoms with Crippen molar-refractivity contribution in [1.82, 2.24) is 0 Å². The van der Waals surface area contributed by atoms with Crippen LogP contribution >= 0.6 is 0 Å². The number of hydrogen-bond acceptors (Lipinski definition) is 4. The molecule has 0 fully saturated rings. The van der Waals surface area contributed by atoms with Gasteiger partial charge in [-0.3, -0.25) is 4.79 Å². The summed E-state index contributed by atoms with van der Waals surface area (Å²) in [5.74, 6) is -0.215. The zero-order valence-electron chi connectivity index (χ0n) is 28.0. The van der Waals surface area contributed by atoms with E-state index in [0.29, 0.717) is 13.0 Å². The van der Waals surface area contributed by atoms with Crippen molar-refractivity contribution in [2.24, 2.45) is 0 Å². The molecular formula is C38H70O4. The van der Waals surface area contributed by atoms with Gasteiger partial charge in [-0.2, -0.15) is 0 Å². The van der Waals surface area contributed by atoms with E-state index in [1.54, 1.807) is 0 Å². The van der Waals surface area contributed by atoms with Crippen molar-refractivity contribution in [3.63, 3.8) is 0 Å². The van der Waals surface area contributed by atoms with Crippen LogP contribution in [0.4, 0.5) is 0 Å². The van der Waals surface area contributed by atoms with Crippen LogP contribution in [0.2, 0.25) is 0 Å². The van der Waals surface area contributed by atoms with Crippen molar-refractivity contribution in [3.8, 4) is 0 Å². The summed E-state index contributed by atoms with van der Waals surface area (Å²) in [5, 5.41) is 9.53. The summed E-state index contributed by atoms with van der Waals surface area (Å²) >= 11 is 0. The maximum Gasteiger partial charge on any atom is 0.306 e. The predicted octanol–water partition coefficient (Wildman–Crippen LogP) is 11.4. The van der Waals surface area contributed by atoms with Crippen LogP contribution in [0.15, 0.2) is 36.5 Å². The van der Waals surface area contributed by atoms with Crippen molar-refractivity contribution < 1.29 is 19.4 Å². The van der Waals surface area contributed by atoms with E-state index in [-0.39, 0.29) is 19.2 Å². The Balaban J connectivity index is 3.45. The maximum atomic E-state index is 12.1. The Bertz CT molecular complexity index is 625. The number of aliphatic hydroxyl groups is 1. The number of unbranched alkanes of at least 4 members (excludes halogenated alkanes) is 19. The molecule has 0 rings (SSSR count). The number of ether oxygens (including phenoxy) is 2. The lowest BCUT2D eigenvalue weighted by molar-refractivity contribution is -0.154. The van der Waals surface area contributed by atoms with Crippen LogP contribution in [0, 0.1) is 0 Å². The molecule has 1 unspecified atom stereocenters. The highest BCUT2D eigenvalue weighted by Crippen LogP contribution is 2.12. The molecule has 0 aliphatic carbocycles. The van der Waals surface area contributed by atoms with Crippen LogP contribution in [0.3, 0.4) is 0 Å². The molecule has 4 nitrogen and oxygen atoms in total. The summed E-state index contributed by atoms with van der Waals surface area (Å²) in [5.41, 5.74) is 0. The number of allylic oxidation sites excluding steroid dienone is 6. The van der Waals surface area contributed by atoms with Gasteiger partial charge in [-0.15, -0.1) is 0 Å². The quantitative estimate of drug-likeness (QED) is 0.0469. The van der Waals surface area contributed by atoms with Crippen LogP contribution in [-0.4, -0.2) is 37.0 Å². The smallest absolute Gasteiger partial charge is 0.306 e. The van der Waals surface area contributed by atoms with Crippen LogP contribution < -0.4 is 0 Å². The van der Waals surface area contributed by atoms with Crippen LogP contribution in [0.25, 0.3) is 0 Å². The van der Waals surface area contributed by atoms with Crippen LogP contribution in [0.5, 0.6) is 0 Å². The Kier molecular flexibility index (Phi) is 34.6. The third kappa shape index (κ3) is 33.1. The van der Waals surface area contributed by atoms with Gasteiger partial charge < -0.3 is 14.6 Å². The zero-order chi connectivity index (χ0) is 30.6. The van der Waals surface area contributed by atoms with E-state index in [9.17, 15) is 9.90 Å². The second-order valence-electron chi connectivity index (χ2n) is 11.9. The molecule has 1 atom stereocenters. The van der Waals surface area contributed by atoms with Gasteiger partial charge in [0, 0.05) is 13.0 Å². The molecule has 0 aliphatic heterocycles. The van der Waals surface area contributed by atoms with Gasteiger partial charge in [-0.25, -0.2) is 0 Å². The second kappa shape index (κ2) is 35.8. The molecule has 0 radical (unpaired) electrons.